The lowest BCUT2D eigenvalue weighted by atomic mass is 9.41. The van der Waals surface area contributed by atoms with Gasteiger partial charge >= 0.3 is 0 Å². The molecule has 1 aromatic heterocycles. The summed E-state index contributed by atoms with van der Waals surface area (Å²) in [4.78, 5) is 17.4. The minimum atomic E-state index is -1.88. The predicted molar refractivity (Wildman–Crippen MR) is 147 cm³/mol. The van der Waals surface area contributed by atoms with Crippen LogP contribution in [0.1, 0.15) is 78.7 Å². The zero-order chi connectivity index (χ0) is 25.3. The van der Waals surface area contributed by atoms with Gasteiger partial charge in [0.05, 0.1) is 6.10 Å². The van der Waals surface area contributed by atoms with Crippen LogP contribution in [0.15, 0.2) is 30.5 Å². The normalized spacial score (nSPS) is 31.6. The highest BCUT2D eigenvalue weighted by atomic mass is 28.4. The van der Waals surface area contributed by atoms with Crippen LogP contribution >= 0.6 is 0 Å². The fourth-order valence-corrected chi connectivity index (χ4v) is 11.0. The van der Waals surface area contributed by atoms with E-state index in [0.29, 0.717) is 18.1 Å². The van der Waals surface area contributed by atoms with E-state index in [1.54, 1.807) is 0 Å². The summed E-state index contributed by atoms with van der Waals surface area (Å²) in [5.41, 5.74) is 2.18. The van der Waals surface area contributed by atoms with Crippen molar-refractivity contribution in [2.75, 3.05) is 6.61 Å². The lowest BCUT2D eigenvalue weighted by Gasteiger charge is -2.65. The quantitative estimate of drug-likeness (QED) is 0.339. The highest BCUT2D eigenvalue weighted by Gasteiger charge is 2.65. The highest BCUT2D eigenvalue weighted by Crippen LogP contribution is 2.66. The van der Waals surface area contributed by atoms with Crippen molar-refractivity contribution in [1.29, 1.82) is 0 Å². The molecule has 35 heavy (non-hydrogen) atoms. The fourth-order valence-electron chi connectivity index (χ4n) is 8.02. The first kappa shape index (κ1) is 26.6. The summed E-state index contributed by atoms with van der Waals surface area (Å²) in [5, 5.41) is 11.2. The second-order valence-electron chi connectivity index (χ2n) is 11.7. The average Bonchev–Trinajstić information content (AvgIpc) is 3.29. The fraction of sp³-hybridized carbons (Fsp3) is 0.700. The van der Waals surface area contributed by atoms with Crippen LogP contribution in [0.5, 0.6) is 0 Å². The minimum Gasteiger partial charge on any atom is -0.413 e. The summed E-state index contributed by atoms with van der Waals surface area (Å²) < 4.78 is 7.39. The molecule has 0 radical (unpaired) electrons. The molecular weight excluding hydrogens is 450 g/mol. The van der Waals surface area contributed by atoms with Crippen LogP contribution in [0.2, 0.25) is 18.1 Å². The van der Waals surface area contributed by atoms with E-state index in [2.05, 4.69) is 70.1 Å². The van der Waals surface area contributed by atoms with Crippen molar-refractivity contribution in [1.82, 2.24) is 4.98 Å². The predicted octanol–water partition coefficient (Wildman–Crippen LogP) is 7.28. The van der Waals surface area contributed by atoms with Crippen molar-refractivity contribution >= 4 is 25.0 Å². The van der Waals surface area contributed by atoms with Gasteiger partial charge < -0.3 is 14.5 Å². The van der Waals surface area contributed by atoms with E-state index in [9.17, 15) is 9.90 Å². The smallest absolute Gasteiger partial charge is 0.192 e. The summed E-state index contributed by atoms with van der Waals surface area (Å²) >= 11 is 0. The Labute approximate surface area is 213 Å². The molecule has 0 saturated heterocycles. The molecule has 0 spiro atoms. The zero-order valence-corrected chi connectivity index (χ0v) is 23.7. The Bertz CT molecular complexity index is 1010. The van der Waals surface area contributed by atoms with Crippen LogP contribution in [0, 0.1) is 22.7 Å². The summed E-state index contributed by atoms with van der Waals surface area (Å²) in [6.07, 6.45) is 8.40. The van der Waals surface area contributed by atoms with Crippen molar-refractivity contribution < 1.29 is 14.3 Å². The van der Waals surface area contributed by atoms with Crippen molar-refractivity contribution in [3.8, 4) is 0 Å². The third-order valence-corrected chi connectivity index (χ3v) is 15.3. The maximum absolute atomic E-state index is 13.9. The first-order chi connectivity index (χ1) is 16.8. The maximum Gasteiger partial charge on any atom is 0.192 e. The van der Waals surface area contributed by atoms with E-state index >= 15 is 0 Å². The van der Waals surface area contributed by atoms with Gasteiger partial charge in [0.1, 0.15) is 5.78 Å². The second-order valence-corrected chi connectivity index (χ2v) is 16.4. The molecular formula is C30H47NO3Si. The van der Waals surface area contributed by atoms with Crippen LogP contribution in [-0.4, -0.2) is 36.9 Å². The number of carbonyl (C=O) groups excluding carboxylic acids is 1. The lowest BCUT2D eigenvalue weighted by Crippen LogP contribution is -2.65. The Morgan fingerprint density at radius 2 is 1.86 bits per heavy atom. The lowest BCUT2D eigenvalue weighted by molar-refractivity contribution is -0.192. The number of aromatic nitrogens is 1. The van der Waals surface area contributed by atoms with E-state index in [4.69, 9.17) is 4.43 Å². The molecule has 5 heteroatoms. The molecule has 0 aliphatic heterocycles. The number of aromatic amines is 1. The number of para-hydroxylation sites is 1. The minimum absolute atomic E-state index is 0.0329. The molecule has 2 N–H and O–H groups in total. The second kappa shape index (κ2) is 10.5. The summed E-state index contributed by atoms with van der Waals surface area (Å²) in [6, 6.07) is 11.8. The van der Waals surface area contributed by atoms with Crippen LogP contribution < -0.4 is 0 Å². The molecule has 2 saturated carbocycles. The van der Waals surface area contributed by atoms with Gasteiger partial charge in [0.25, 0.3) is 0 Å². The van der Waals surface area contributed by atoms with E-state index in [0.717, 1.165) is 62.2 Å². The molecule has 2 aliphatic rings. The molecule has 2 aromatic rings. The van der Waals surface area contributed by atoms with E-state index in [1.807, 2.05) is 0 Å². The average molecular weight is 498 g/mol. The topological polar surface area (TPSA) is 62.3 Å². The maximum atomic E-state index is 13.9. The first-order valence-corrected chi connectivity index (χ1v) is 16.7. The number of Topliss-reactive ketones (excluding diaryl/α,β-unsaturated/α-hetero) is 1. The number of nitrogens with one attached hydrogen (secondary N) is 1. The number of hydrogen-bond acceptors (Lipinski definition) is 3. The van der Waals surface area contributed by atoms with Crippen LogP contribution in [0.4, 0.5) is 0 Å². The number of benzene rings is 1. The molecule has 1 heterocycles. The Hall–Kier alpha value is -1.43. The van der Waals surface area contributed by atoms with Crippen molar-refractivity contribution in [2.45, 2.75) is 104 Å². The Kier molecular flexibility index (Phi) is 8.00. The Morgan fingerprint density at radius 3 is 2.54 bits per heavy atom. The van der Waals surface area contributed by atoms with E-state index in [-0.39, 0.29) is 29.5 Å². The number of carbonyl (C=O) groups is 1. The van der Waals surface area contributed by atoms with Crippen LogP contribution in [-0.2, 0) is 15.6 Å². The molecule has 1 aromatic carbocycles. The molecule has 0 amide bonds. The zero-order valence-electron chi connectivity index (χ0n) is 22.7. The summed E-state index contributed by atoms with van der Waals surface area (Å²) in [7, 11) is -1.88. The SMILES string of the molecule is CC[Si](CC)(CC)O[C@@H]1CC[C@H](C)[C@@]2(C)CCC(=O)[C@H](Cc3c[nH]c4ccccc34)[C@@]12CCCO. The number of fused-ring (bicyclic) bond motifs is 2. The molecule has 4 nitrogen and oxygen atoms in total. The van der Waals surface area contributed by atoms with Gasteiger partial charge in [0.15, 0.2) is 8.32 Å². The van der Waals surface area contributed by atoms with Gasteiger partial charge in [0.2, 0.25) is 0 Å². The van der Waals surface area contributed by atoms with Gasteiger partial charge in [-0.05, 0) is 79.6 Å². The molecule has 4 rings (SSSR count). The number of aliphatic hydroxyl groups is 1. The third-order valence-electron chi connectivity index (χ3n) is 10.7. The van der Waals surface area contributed by atoms with Gasteiger partial charge in [0, 0.05) is 41.5 Å². The standard InChI is InChI=1S/C30H47NO3Si/c1-6-35(7-2,8-3)34-28-15-14-22(4)29(5)18-16-27(33)25(30(28,29)17-11-19-32)20-23-21-31-26-13-10-9-12-24(23)26/h9-10,12-13,21-22,25,28,31-32H,6-8,11,14-20H2,1-5H3/t22-,25-,28+,29+,30-/m0/s1. The summed E-state index contributed by atoms with van der Waals surface area (Å²) in [5.74, 6) is 0.878. The number of aliphatic hydroxyl groups excluding tert-OH is 1. The van der Waals surface area contributed by atoms with Gasteiger partial charge in [-0.3, -0.25) is 4.79 Å². The van der Waals surface area contributed by atoms with Gasteiger partial charge in [-0.25, -0.2) is 0 Å². The van der Waals surface area contributed by atoms with E-state index in [1.165, 1.54) is 10.9 Å². The number of hydrogen-bond donors (Lipinski definition) is 2. The van der Waals surface area contributed by atoms with E-state index < -0.39 is 8.32 Å². The Balaban J connectivity index is 1.85. The summed E-state index contributed by atoms with van der Waals surface area (Å²) in [6.45, 7) is 12.0. The molecule has 194 valence electrons. The molecule has 0 bridgehead atoms. The van der Waals surface area contributed by atoms with Gasteiger partial charge in [-0.2, -0.15) is 0 Å². The number of H-pyrrole nitrogens is 1. The Morgan fingerprint density at radius 1 is 1.14 bits per heavy atom. The molecule has 2 fully saturated rings. The van der Waals surface area contributed by atoms with Crippen molar-refractivity contribution in [3.05, 3.63) is 36.0 Å². The van der Waals surface area contributed by atoms with Crippen LogP contribution in [0.25, 0.3) is 10.9 Å². The molecule has 5 atom stereocenters. The third kappa shape index (κ3) is 4.36. The number of ketones is 1. The first-order valence-electron chi connectivity index (χ1n) is 14.2. The van der Waals surface area contributed by atoms with Gasteiger partial charge in [-0.1, -0.05) is 52.8 Å². The molecule has 0 unspecified atom stereocenters. The van der Waals surface area contributed by atoms with Gasteiger partial charge in [-0.15, -0.1) is 0 Å². The van der Waals surface area contributed by atoms with Crippen LogP contribution in [0.3, 0.4) is 0 Å². The molecule has 2 aliphatic carbocycles. The van der Waals surface area contributed by atoms with Crippen molar-refractivity contribution in [2.24, 2.45) is 22.7 Å². The largest absolute Gasteiger partial charge is 0.413 e. The highest BCUT2D eigenvalue weighted by molar-refractivity contribution is 6.73. The number of rotatable bonds is 10. The monoisotopic (exact) mass is 497 g/mol. The van der Waals surface area contributed by atoms with Crippen molar-refractivity contribution in [3.63, 3.8) is 0 Å².